The first kappa shape index (κ1) is 54.0. The van der Waals surface area contributed by atoms with Gasteiger partial charge in [0.25, 0.3) is 0 Å². The average molecular weight is 1050 g/mol. The Balaban J connectivity index is 0.000000431. The molecule has 0 amide bonds. The minimum atomic E-state index is -6.09. The van der Waals surface area contributed by atoms with Gasteiger partial charge < -0.3 is 28.0 Å². The van der Waals surface area contributed by atoms with Crippen molar-refractivity contribution in [2.75, 3.05) is 6.61 Å². The van der Waals surface area contributed by atoms with E-state index in [1.165, 1.54) is 6.42 Å². The van der Waals surface area contributed by atoms with Gasteiger partial charge in [0.05, 0.1) is 34.6 Å². The van der Waals surface area contributed by atoms with Crippen LogP contribution in [0.5, 0.6) is 0 Å². The maximum atomic E-state index is 10.7. The van der Waals surface area contributed by atoms with Gasteiger partial charge in [0.2, 0.25) is 0 Å². The Kier molecular flexibility index (Phi) is 21.3. The summed E-state index contributed by atoms with van der Waals surface area (Å²) in [6.07, 6.45) is 8.75. The van der Waals surface area contributed by atoms with Crippen molar-refractivity contribution in [2.24, 2.45) is 11.8 Å². The molecule has 15 heteroatoms. The van der Waals surface area contributed by atoms with Gasteiger partial charge in [-0.15, -0.1) is 11.8 Å². The minimum Gasteiger partial charge on any atom is -0.741 e. The maximum absolute atomic E-state index is 10.7. The van der Waals surface area contributed by atoms with Crippen LogP contribution in [0.25, 0.3) is 0 Å². The van der Waals surface area contributed by atoms with Crippen molar-refractivity contribution in [1.82, 2.24) is 0 Å². The van der Waals surface area contributed by atoms with Gasteiger partial charge in [0.15, 0.2) is 10.1 Å². The number of halogens is 3. The van der Waals surface area contributed by atoms with Gasteiger partial charge in [-0.2, -0.15) is 13.2 Å². The standard InChI is InChI=1S/C43H47O5PS.C7H8.CHF3O3S.Rh/c1-43(2,3)50-42-41(48-49(36-25-15-7-16-26-36)37-27-17-8-18-28-37)40(46-31-35-23-13-6-14-24-35)39(45-30-34-21-11-5-12-22-34)38(47-42)32-44-29-33-19-9-4-10-20-33;1-2-7-4-3-6(1)5-7;2-1(3,4)8(5,6)7;/h4-28,38-42H,29-32H2,1-3H3;1-4,6-7H,5H2;(H,5,6,7);/p-1/t38-,39-,40+,41-,42+;;;/m1.../s1. The Hall–Kier alpha value is -3.00. The van der Waals surface area contributed by atoms with Crippen LogP contribution in [0.4, 0.5) is 13.2 Å². The molecule has 355 valence electrons. The van der Waals surface area contributed by atoms with Crippen LogP contribution in [-0.4, -0.2) is 59.7 Å². The molecule has 5 radical (unpaired) electrons. The molecule has 0 N–H and O–H groups in total. The third kappa shape index (κ3) is 17.2. The van der Waals surface area contributed by atoms with Gasteiger partial charge in [0.1, 0.15) is 29.9 Å². The molecule has 1 aliphatic heterocycles. The monoisotopic (exact) mass is 1050 g/mol. The second-order valence-corrected chi connectivity index (χ2v) is 21.7. The Morgan fingerprint density at radius 2 is 1.00 bits per heavy atom. The van der Waals surface area contributed by atoms with E-state index in [9.17, 15) is 13.2 Å². The topological polar surface area (TPSA) is 103 Å². The van der Waals surface area contributed by atoms with E-state index < -0.39 is 48.2 Å². The summed E-state index contributed by atoms with van der Waals surface area (Å²) in [6, 6.07) is 51.8. The molecule has 2 saturated carbocycles. The zero-order valence-corrected chi connectivity index (χ0v) is 41.0. The van der Waals surface area contributed by atoms with Gasteiger partial charge in [-0.05, 0) is 60.6 Å². The van der Waals surface area contributed by atoms with Gasteiger partial charge in [-0.3, -0.25) is 0 Å². The van der Waals surface area contributed by atoms with E-state index in [0.717, 1.165) is 39.1 Å². The van der Waals surface area contributed by atoms with Gasteiger partial charge in [0, 0.05) is 34.8 Å². The van der Waals surface area contributed by atoms with Crippen molar-refractivity contribution < 1.29 is 69.1 Å². The SMILES string of the molecule is CC(C)(C)S[C@@H]1O[C@H](COCc2ccccc2)[C@@H](OCc2ccccc2)[C@H](OCc2ccccc2)[C@H]1OP(c1ccccc1)c1ccccc1.O=S(=O)([O-])C(F)(F)F.[CH]1[CH]C2[CH][CH]C1C2.[Rh]. The van der Waals surface area contributed by atoms with Crippen molar-refractivity contribution in [3.05, 3.63) is 194 Å². The molecule has 5 atom stereocenters. The van der Waals surface area contributed by atoms with Crippen LogP contribution in [0.1, 0.15) is 43.9 Å². The number of hydrogen-bond acceptors (Lipinski definition) is 9. The van der Waals surface area contributed by atoms with Crippen LogP contribution >= 0.6 is 19.9 Å². The van der Waals surface area contributed by atoms with Crippen molar-refractivity contribution in [3.63, 3.8) is 0 Å². The van der Waals surface area contributed by atoms with Gasteiger partial charge in [-0.25, -0.2) is 8.42 Å². The molecule has 66 heavy (non-hydrogen) atoms. The van der Waals surface area contributed by atoms with E-state index in [0.29, 0.717) is 26.4 Å². The number of thioether (sulfide) groups is 1. The first-order valence-corrected chi connectivity index (χ1v) is 24.9. The molecule has 8 nitrogen and oxygen atoms in total. The number of alkyl halides is 3. The number of hydrogen-bond donors (Lipinski definition) is 0. The molecule has 1 heterocycles. The van der Waals surface area contributed by atoms with Crippen molar-refractivity contribution in [2.45, 2.75) is 87.1 Å². The van der Waals surface area contributed by atoms with Crippen LogP contribution in [0.2, 0.25) is 0 Å². The predicted molar refractivity (Wildman–Crippen MR) is 251 cm³/mol. The fourth-order valence-corrected chi connectivity index (χ4v) is 10.4. The third-order valence-electron chi connectivity index (χ3n) is 10.3. The van der Waals surface area contributed by atoms with E-state index in [1.807, 2.05) is 66.7 Å². The van der Waals surface area contributed by atoms with Crippen LogP contribution < -0.4 is 10.6 Å². The van der Waals surface area contributed by atoms with E-state index in [-0.39, 0.29) is 29.7 Å². The second kappa shape index (κ2) is 26.1. The molecule has 2 bridgehead atoms. The summed E-state index contributed by atoms with van der Waals surface area (Å²) in [5.41, 5.74) is -2.72. The zero-order chi connectivity index (χ0) is 46.3. The fraction of sp³-hybridized carbons (Fsp3) is 0.333. The van der Waals surface area contributed by atoms with E-state index >= 15 is 0 Å². The molecule has 3 fully saturated rings. The number of benzene rings is 5. The summed E-state index contributed by atoms with van der Waals surface area (Å²) in [5.74, 6) is 1.62. The molecule has 5 aromatic carbocycles. The summed E-state index contributed by atoms with van der Waals surface area (Å²) >= 11 is 1.77. The third-order valence-corrected chi connectivity index (χ3v) is 14.1. The Morgan fingerprint density at radius 3 is 1.36 bits per heavy atom. The number of ether oxygens (including phenoxy) is 4. The van der Waals surface area contributed by atoms with Gasteiger partial charge >= 0.3 is 5.51 Å². The molecule has 3 aliphatic rings. The zero-order valence-electron chi connectivity index (χ0n) is 36.8. The molecule has 0 spiro atoms. The molecule has 0 aromatic heterocycles. The molecular formula is C51H55F3O8PRhS2-. The molecule has 8 rings (SSSR count). The van der Waals surface area contributed by atoms with Crippen LogP contribution in [-0.2, 0) is 72.9 Å². The van der Waals surface area contributed by atoms with Crippen molar-refractivity contribution >= 4 is 40.6 Å². The van der Waals surface area contributed by atoms with E-state index in [1.54, 1.807) is 11.8 Å². The Bertz CT molecular complexity index is 2170. The molecule has 1 saturated heterocycles. The second-order valence-electron chi connectivity index (χ2n) is 16.6. The normalized spacial score (nSPS) is 22.6. The summed E-state index contributed by atoms with van der Waals surface area (Å²) in [5, 5.41) is 2.26. The molecule has 0 unspecified atom stereocenters. The Morgan fingerprint density at radius 1 is 0.621 bits per heavy atom. The summed E-state index contributed by atoms with van der Waals surface area (Å²) in [4.78, 5) is 0. The Labute approximate surface area is 407 Å². The average Bonchev–Trinajstić information content (AvgIpc) is 3.96. The maximum Gasteiger partial charge on any atom is 0.485 e. The molecular weight excluding hydrogens is 996 g/mol. The van der Waals surface area contributed by atoms with Crippen molar-refractivity contribution in [3.8, 4) is 0 Å². The summed E-state index contributed by atoms with van der Waals surface area (Å²) < 4.78 is 93.5. The van der Waals surface area contributed by atoms with Crippen LogP contribution in [0.3, 0.4) is 0 Å². The van der Waals surface area contributed by atoms with Gasteiger partial charge in [-0.1, -0.05) is 172 Å². The van der Waals surface area contributed by atoms with E-state index in [2.05, 4.69) is 131 Å². The number of rotatable bonds is 15. The summed E-state index contributed by atoms with van der Waals surface area (Å²) in [6.45, 7) is 8.29. The quantitative estimate of drug-likeness (QED) is 0.0439. The van der Waals surface area contributed by atoms with Crippen LogP contribution in [0.15, 0.2) is 152 Å². The van der Waals surface area contributed by atoms with E-state index in [4.69, 9.17) is 36.4 Å². The predicted octanol–water partition coefficient (Wildman–Crippen LogP) is 10.6. The minimum absolute atomic E-state index is 0. The van der Waals surface area contributed by atoms with Crippen molar-refractivity contribution in [1.29, 1.82) is 0 Å². The van der Waals surface area contributed by atoms with Crippen LogP contribution in [0, 0.1) is 37.5 Å². The fourth-order valence-electron chi connectivity index (χ4n) is 7.21. The summed E-state index contributed by atoms with van der Waals surface area (Å²) in [7, 11) is -7.31. The molecule has 5 aromatic rings. The first-order valence-electron chi connectivity index (χ1n) is 21.3. The smallest absolute Gasteiger partial charge is 0.485 e. The number of fused-ring (bicyclic) bond motifs is 2. The largest absolute Gasteiger partial charge is 0.741 e. The molecule has 2 aliphatic carbocycles. The first-order chi connectivity index (χ1) is 31.1.